The van der Waals surface area contributed by atoms with Crippen molar-refractivity contribution in [2.45, 2.75) is 65.9 Å². The van der Waals surface area contributed by atoms with Gasteiger partial charge in [0.1, 0.15) is 0 Å². The van der Waals surface area contributed by atoms with Gasteiger partial charge in [-0.1, -0.05) is 53.4 Å². The lowest BCUT2D eigenvalue weighted by molar-refractivity contribution is -0.00517. The van der Waals surface area contributed by atoms with Crippen molar-refractivity contribution in [3.8, 4) is 0 Å². The highest BCUT2D eigenvalue weighted by Crippen LogP contribution is 2.14. The minimum atomic E-state index is -0.298. The fourth-order valence-electron chi connectivity index (χ4n) is 1.69. The van der Waals surface area contributed by atoms with Gasteiger partial charge in [-0.3, -0.25) is 0 Å². The fourth-order valence-corrected chi connectivity index (χ4v) is 1.69. The monoisotopic (exact) mass is 230 g/mol. The number of aliphatic hydroxyl groups is 1. The summed E-state index contributed by atoms with van der Waals surface area (Å²) in [6.45, 7) is 9.92. The fraction of sp³-hybridized carbons (Fsp3) is 1.00. The van der Waals surface area contributed by atoms with Crippen LogP contribution >= 0.6 is 0 Å². The van der Waals surface area contributed by atoms with Gasteiger partial charge in [0.25, 0.3) is 0 Å². The Labute approximate surface area is 101 Å². The van der Waals surface area contributed by atoms with E-state index in [0.717, 1.165) is 13.0 Å². The van der Waals surface area contributed by atoms with Crippen LogP contribution in [-0.4, -0.2) is 24.4 Å². The zero-order valence-electron chi connectivity index (χ0n) is 11.5. The lowest BCUT2D eigenvalue weighted by Gasteiger charge is -2.19. The molecule has 3 unspecified atom stereocenters. The normalized spacial score (nSPS) is 17.1. The first-order chi connectivity index (χ1) is 7.65. The molecule has 2 heteroatoms. The molecule has 1 N–H and O–H groups in total. The molecule has 0 saturated heterocycles. The van der Waals surface area contributed by atoms with E-state index in [-0.39, 0.29) is 6.10 Å². The van der Waals surface area contributed by atoms with Gasteiger partial charge in [0.2, 0.25) is 0 Å². The Hall–Kier alpha value is -0.0800. The third-order valence-electron chi connectivity index (χ3n) is 3.49. The Bertz CT molecular complexity index is 148. The molecule has 0 aromatic carbocycles. The summed E-state index contributed by atoms with van der Waals surface area (Å²) in [6.07, 6.45) is 5.69. The van der Waals surface area contributed by atoms with E-state index in [4.69, 9.17) is 4.74 Å². The van der Waals surface area contributed by atoms with Crippen LogP contribution in [0.5, 0.6) is 0 Å². The van der Waals surface area contributed by atoms with E-state index >= 15 is 0 Å². The van der Waals surface area contributed by atoms with Gasteiger partial charge in [-0.05, 0) is 18.3 Å². The second-order valence-corrected chi connectivity index (χ2v) is 4.91. The highest BCUT2D eigenvalue weighted by Gasteiger charge is 2.13. The molecule has 0 aliphatic carbocycles. The minimum Gasteiger partial charge on any atom is -0.390 e. The molecule has 0 radical (unpaired) electrons. The standard InChI is InChI=1S/C14H30O2/c1-5-8-9-13(7-3)10-16-11-14(15)12(4)6-2/h12-15H,5-11H2,1-4H3. The van der Waals surface area contributed by atoms with E-state index in [9.17, 15) is 5.11 Å². The van der Waals surface area contributed by atoms with Crippen molar-refractivity contribution in [2.24, 2.45) is 11.8 Å². The molecule has 0 amide bonds. The zero-order valence-corrected chi connectivity index (χ0v) is 11.5. The topological polar surface area (TPSA) is 29.5 Å². The zero-order chi connectivity index (χ0) is 12.4. The largest absolute Gasteiger partial charge is 0.390 e. The summed E-state index contributed by atoms with van der Waals surface area (Å²) in [5.41, 5.74) is 0. The number of rotatable bonds is 10. The number of aliphatic hydroxyl groups excluding tert-OH is 1. The maximum Gasteiger partial charge on any atom is 0.0799 e. The van der Waals surface area contributed by atoms with Crippen LogP contribution in [-0.2, 0) is 4.74 Å². The van der Waals surface area contributed by atoms with Crippen molar-refractivity contribution in [2.75, 3.05) is 13.2 Å². The van der Waals surface area contributed by atoms with Gasteiger partial charge in [-0.25, -0.2) is 0 Å². The summed E-state index contributed by atoms with van der Waals surface area (Å²) in [4.78, 5) is 0. The molecule has 0 bridgehead atoms. The quantitative estimate of drug-likeness (QED) is 0.621. The molecule has 2 nitrogen and oxygen atoms in total. The lowest BCUT2D eigenvalue weighted by Crippen LogP contribution is -2.24. The molecular formula is C14H30O2. The Morgan fingerprint density at radius 1 is 1.06 bits per heavy atom. The molecule has 0 fully saturated rings. The molecule has 0 saturated carbocycles. The van der Waals surface area contributed by atoms with Crippen LogP contribution in [0, 0.1) is 11.8 Å². The molecule has 0 aliphatic heterocycles. The second-order valence-electron chi connectivity index (χ2n) is 4.91. The van der Waals surface area contributed by atoms with Crippen LogP contribution in [0.15, 0.2) is 0 Å². The van der Waals surface area contributed by atoms with Gasteiger partial charge >= 0.3 is 0 Å². The molecule has 16 heavy (non-hydrogen) atoms. The SMILES string of the molecule is CCCCC(CC)COCC(O)C(C)CC. The van der Waals surface area contributed by atoms with Crippen molar-refractivity contribution in [1.29, 1.82) is 0 Å². The first-order valence-corrected chi connectivity index (χ1v) is 6.91. The van der Waals surface area contributed by atoms with E-state index in [1.54, 1.807) is 0 Å². The molecule has 0 heterocycles. The third kappa shape index (κ3) is 7.24. The molecule has 0 rings (SSSR count). The predicted molar refractivity (Wildman–Crippen MR) is 69.6 cm³/mol. The Balaban J connectivity index is 3.60. The average Bonchev–Trinajstić information content (AvgIpc) is 2.32. The average molecular weight is 230 g/mol. The van der Waals surface area contributed by atoms with E-state index in [0.29, 0.717) is 18.4 Å². The van der Waals surface area contributed by atoms with Crippen LogP contribution in [0.25, 0.3) is 0 Å². The summed E-state index contributed by atoms with van der Waals surface area (Å²) in [5.74, 6) is 1.01. The third-order valence-corrected chi connectivity index (χ3v) is 3.49. The van der Waals surface area contributed by atoms with Gasteiger partial charge in [-0.15, -0.1) is 0 Å². The van der Waals surface area contributed by atoms with Crippen molar-refractivity contribution >= 4 is 0 Å². The van der Waals surface area contributed by atoms with Gasteiger partial charge < -0.3 is 9.84 Å². The Morgan fingerprint density at radius 3 is 2.25 bits per heavy atom. The van der Waals surface area contributed by atoms with Crippen LogP contribution in [0.3, 0.4) is 0 Å². The molecule has 0 aliphatic rings. The van der Waals surface area contributed by atoms with Crippen molar-refractivity contribution in [3.63, 3.8) is 0 Å². The number of ether oxygens (including phenoxy) is 1. The highest BCUT2D eigenvalue weighted by atomic mass is 16.5. The van der Waals surface area contributed by atoms with Crippen molar-refractivity contribution in [1.82, 2.24) is 0 Å². The summed E-state index contributed by atoms with van der Waals surface area (Å²) >= 11 is 0. The Kier molecular flexibility index (Phi) is 10.0. The summed E-state index contributed by atoms with van der Waals surface area (Å²) in [6, 6.07) is 0. The second kappa shape index (κ2) is 10.1. The van der Waals surface area contributed by atoms with Crippen LogP contribution in [0.1, 0.15) is 59.8 Å². The predicted octanol–water partition coefficient (Wildman–Crippen LogP) is 3.63. The van der Waals surface area contributed by atoms with Gasteiger partial charge in [-0.2, -0.15) is 0 Å². The smallest absolute Gasteiger partial charge is 0.0799 e. The van der Waals surface area contributed by atoms with Crippen LogP contribution in [0.4, 0.5) is 0 Å². The van der Waals surface area contributed by atoms with E-state index in [2.05, 4.69) is 27.7 Å². The lowest BCUT2D eigenvalue weighted by atomic mass is 10.0. The van der Waals surface area contributed by atoms with Gasteiger partial charge in [0.15, 0.2) is 0 Å². The van der Waals surface area contributed by atoms with Crippen molar-refractivity contribution < 1.29 is 9.84 Å². The molecular weight excluding hydrogens is 200 g/mol. The number of hydrogen-bond donors (Lipinski definition) is 1. The summed E-state index contributed by atoms with van der Waals surface area (Å²) in [7, 11) is 0. The summed E-state index contributed by atoms with van der Waals surface area (Å²) < 4.78 is 5.62. The van der Waals surface area contributed by atoms with Gasteiger partial charge in [0, 0.05) is 6.61 Å². The summed E-state index contributed by atoms with van der Waals surface area (Å²) in [5, 5.41) is 9.75. The first-order valence-electron chi connectivity index (χ1n) is 6.91. The molecule has 3 atom stereocenters. The minimum absolute atomic E-state index is 0.298. The van der Waals surface area contributed by atoms with E-state index in [1.165, 1.54) is 25.7 Å². The molecule has 0 aromatic rings. The molecule has 0 aromatic heterocycles. The number of hydrogen-bond acceptors (Lipinski definition) is 2. The Morgan fingerprint density at radius 2 is 1.75 bits per heavy atom. The van der Waals surface area contributed by atoms with E-state index < -0.39 is 0 Å². The maximum atomic E-state index is 9.75. The van der Waals surface area contributed by atoms with Crippen molar-refractivity contribution in [3.05, 3.63) is 0 Å². The molecule has 0 spiro atoms. The van der Waals surface area contributed by atoms with E-state index in [1.807, 2.05) is 0 Å². The van der Waals surface area contributed by atoms with Gasteiger partial charge in [0.05, 0.1) is 12.7 Å². The highest BCUT2D eigenvalue weighted by molar-refractivity contribution is 4.63. The molecule has 98 valence electrons. The first kappa shape index (κ1) is 15.9. The number of unbranched alkanes of at least 4 members (excludes halogenated alkanes) is 1. The maximum absolute atomic E-state index is 9.75. The van der Waals surface area contributed by atoms with Crippen LogP contribution in [0.2, 0.25) is 0 Å². The van der Waals surface area contributed by atoms with Crippen LogP contribution < -0.4 is 0 Å².